The molecule has 2 rings (SSSR count). The second-order valence-corrected chi connectivity index (χ2v) is 8.23. The summed E-state index contributed by atoms with van der Waals surface area (Å²) in [7, 11) is 0. The van der Waals surface area contributed by atoms with Crippen molar-refractivity contribution in [2.24, 2.45) is 17.8 Å². The zero-order valence-electron chi connectivity index (χ0n) is 15.0. The van der Waals surface area contributed by atoms with Crippen LogP contribution in [0.4, 0.5) is 0 Å². The molecule has 1 saturated heterocycles. The van der Waals surface area contributed by atoms with E-state index in [2.05, 4.69) is 29.5 Å². The fourth-order valence-corrected chi connectivity index (χ4v) is 4.56. The molecule has 2 aliphatic rings. The third-order valence-corrected chi connectivity index (χ3v) is 5.22. The molecule has 1 aliphatic carbocycles. The van der Waals surface area contributed by atoms with Gasteiger partial charge in [0.25, 0.3) is 0 Å². The molecule has 1 heterocycles. The smallest absolute Gasteiger partial charge is 0.246 e. The van der Waals surface area contributed by atoms with E-state index in [9.17, 15) is 9.59 Å². The largest absolute Gasteiger partial charge is 0.349 e. The Kier molecular flexibility index (Phi) is 4.90. The molecule has 0 radical (unpaired) electrons. The highest BCUT2D eigenvalue weighted by Gasteiger charge is 2.60. The van der Waals surface area contributed by atoms with E-state index in [0.717, 1.165) is 13.0 Å². The van der Waals surface area contributed by atoms with Gasteiger partial charge in [-0.3, -0.25) is 9.59 Å². The average Bonchev–Trinajstić information content (AvgIpc) is 2.87. The quantitative estimate of drug-likeness (QED) is 0.689. The molecule has 5 nitrogen and oxygen atoms in total. The Hall–Kier alpha value is -1.36. The van der Waals surface area contributed by atoms with Gasteiger partial charge >= 0.3 is 0 Å². The van der Waals surface area contributed by atoms with Crippen molar-refractivity contribution in [3.05, 3.63) is 12.7 Å². The molecule has 130 valence electrons. The van der Waals surface area contributed by atoms with Gasteiger partial charge in [0.05, 0.1) is 0 Å². The number of nitrogens with one attached hydrogen (secondary N) is 3. The molecule has 2 amide bonds. The SMILES string of the molecule is C=CCC1[C@H]2C(CNC2C)CC1(NC(C)=O)C(=O)NC(C)(C)C. The van der Waals surface area contributed by atoms with Gasteiger partial charge in [-0.2, -0.15) is 0 Å². The zero-order valence-corrected chi connectivity index (χ0v) is 15.0. The second kappa shape index (κ2) is 6.27. The van der Waals surface area contributed by atoms with Crippen LogP contribution in [0.2, 0.25) is 0 Å². The third kappa shape index (κ3) is 3.44. The minimum absolute atomic E-state index is 0.0614. The summed E-state index contributed by atoms with van der Waals surface area (Å²) in [5, 5.41) is 9.64. The lowest BCUT2D eigenvalue weighted by Crippen LogP contribution is -2.64. The van der Waals surface area contributed by atoms with E-state index in [4.69, 9.17) is 0 Å². The molecule has 0 aromatic heterocycles. The zero-order chi connectivity index (χ0) is 17.4. The monoisotopic (exact) mass is 321 g/mol. The number of carbonyl (C=O) groups excluding carboxylic acids is 2. The Balaban J connectivity index is 2.41. The molecule has 23 heavy (non-hydrogen) atoms. The molecule has 0 bridgehead atoms. The van der Waals surface area contributed by atoms with Crippen LogP contribution in [0, 0.1) is 17.8 Å². The summed E-state index contributed by atoms with van der Waals surface area (Å²) in [6.07, 6.45) is 3.29. The number of hydrogen-bond donors (Lipinski definition) is 3. The summed E-state index contributed by atoms with van der Waals surface area (Å²) in [6, 6.07) is 0.350. The number of rotatable bonds is 4. The highest BCUT2D eigenvalue weighted by molar-refractivity contribution is 5.92. The fraction of sp³-hybridized carbons (Fsp3) is 0.778. The molecule has 0 aromatic carbocycles. The van der Waals surface area contributed by atoms with E-state index in [-0.39, 0.29) is 23.3 Å². The summed E-state index contributed by atoms with van der Waals surface area (Å²) in [6.45, 7) is 14.4. The van der Waals surface area contributed by atoms with Gasteiger partial charge in [-0.15, -0.1) is 6.58 Å². The Morgan fingerprint density at radius 2 is 2.04 bits per heavy atom. The first-order chi connectivity index (χ1) is 10.6. The van der Waals surface area contributed by atoms with Crippen molar-refractivity contribution in [2.45, 2.75) is 64.6 Å². The summed E-state index contributed by atoms with van der Waals surface area (Å²) in [5.41, 5.74) is -1.16. The van der Waals surface area contributed by atoms with Crippen molar-refractivity contribution in [2.75, 3.05) is 6.54 Å². The molecule has 1 saturated carbocycles. The summed E-state index contributed by atoms with van der Waals surface area (Å²) >= 11 is 0. The second-order valence-electron chi connectivity index (χ2n) is 8.23. The highest BCUT2D eigenvalue weighted by Crippen LogP contribution is 2.50. The lowest BCUT2D eigenvalue weighted by Gasteiger charge is -2.39. The average molecular weight is 321 g/mol. The first kappa shape index (κ1) is 18.0. The summed E-state index contributed by atoms with van der Waals surface area (Å²) in [4.78, 5) is 25.1. The molecular weight excluding hydrogens is 290 g/mol. The van der Waals surface area contributed by atoms with Crippen LogP contribution in [0.5, 0.6) is 0 Å². The van der Waals surface area contributed by atoms with Crippen LogP contribution in [0.1, 0.15) is 47.5 Å². The van der Waals surface area contributed by atoms with E-state index in [0.29, 0.717) is 24.3 Å². The number of carbonyl (C=O) groups is 2. The third-order valence-electron chi connectivity index (χ3n) is 5.22. The summed E-state index contributed by atoms with van der Waals surface area (Å²) < 4.78 is 0. The number of fused-ring (bicyclic) bond motifs is 1. The fourth-order valence-electron chi connectivity index (χ4n) is 4.56. The first-order valence-electron chi connectivity index (χ1n) is 8.56. The van der Waals surface area contributed by atoms with Crippen molar-refractivity contribution in [3.63, 3.8) is 0 Å². The van der Waals surface area contributed by atoms with Crippen molar-refractivity contribution in [1.29, 1.82) is 0 Å². The van der Waals surface area contributed by atoms with Gasteiger partial charge in [0.1, 0.15) is 5.54 Å². The lowest BCUT2D eigenvalue weighted by atomic mass is 9.77. The molecule has 0 spiro atoms. The van der Waals surface area contributed by atoms with Crippen LogP contribution in [0.25, 0.3) is 0 Å². The van der Waals surface area contributed by atoms with Crippen molar-refractivity contribution >= 4 is 11.8 Å². The van der Waals surface area contributed by atoms with Crippen LogP contribution >= 0.6 is 0 Å². The Morgan fingerprint density at radius 1 is 1.39 bits per heavy atom. The normalized spacial score (nSPS) is 36.4. The maximum Gasteiger partial charge on any atom is 0.246 e. The van der Waals surface area contributed by atoms with E-state index < -0.39 is 5.54 Å². The van der Waals surface area contributed by atoms with E-state index >= 15 is 0 Å². The van der Waals surface area contributed by atoms with Gasteiger partial charge in [0.15, 0.2) is 0 Å². The molecule has 3 N–H and O–H groups in total. The molecule has 2 fully saturated rings. The Morgan fingerprint density at radius 3 is 2.57 bits per heavy atom. The Labute approximate surface area is 139 Å². The maximum absolute atomic E-state index is 13.2. The molecule has 1 aliphatic heterocycles. The van der Waals surface area contributed by atoms with Gasteiger partial charge in [0.2, 0.25) is 11.8 Å². The van der Waals surface area contributed by atoms with Crippen LogP contribution in [-0.4, -0.2) is 35.5 Å². The summed E-state index contributed by atoms with van der Waals surface area (Å²) in [5.74, 6) is 0.650. The van der Waals surface area contributed by atoms with Crippen LogP contribution in [0.15, 0.2) is 12.7 Å². The maximum atomic E-state index is 13.2. The van der Waals surface area contributed by atoms with Crippen molar-refractivity contribution < 1.29 is 9.59 Å². The molecular formula is C18H31N3O2. The van der Waals surface area contributed by atoms with Gasteiger partial charge in [-0.1, -0.05) is 6.08 Å². The Bertz CT molecular complexity index is 497. The van der Waals surface area contributed by atoms with Gasteiger partial charge in [-0.25, -0.2) is 0 Å². The standard InChI is InChI=1S/C18H31N3O2/c1-7-8-14-15-11(2)19-10-13(15)9-18(14,20-12(3)22)16(23)21-17(4,5)6/h7,11,13-15,19H,1,8-10H2,2-6H3,(H,20,22)(H,21,23)/t11?,13?,14?,15-,18?/m1/s1. The van der Waals surface area contributed by atoms with Crippen molar-refractivity contribution in [3.8, 4) is 0 Å². The topological polar surface area (TPSA) is 70.2 Å². The predicted octanol–water partition coefficient (Wildman–Crippen LogP) is 1.60. The van der Waals surface area contributed by atoms with E-state index in [1.807, 2.05) is 26.8 Å². The van der Waals surface area contributed by atoms with Crippen LogP contribution in [0.3, 0.4) is 0 Å². The lowest BCUT2D eigenvalue weighted by molar-refractivity contribution is -0.136. The van der Waals surface area contributed by atoms with E-state index in [1.165, 1.54) is 6.92 Å². The van der Waals surface area contributed by atoms with Gasteiger partial charge < -0.3 is 16.0 Å². The number of allylic oxidation sites excluding steroid dienone is 1. The van der Waals surface area contributed by atoms with Crippen molar-refractivity contribution in [1.82, 2.24) is 16.0 Å². The van der Waals surface area contributed by atoms with E-state index in [1.54, 1.807) is 0 Å². The minimum atomic E-state index is -0.834. The molecule has 5 heteroatoms. The molecule has 5 atom stereocenters. The number of amides is 2. The van der Waals surface area contributed by atoms with Crippen LogP contribution < -0.4 is 16.0 Å². The number of hydrogen-bond acceptors (Lipinski definition) is 3. The first-order valence-corrected chi connectivity index (χ1v) is 8.56. The predicted molar refractivity (Wildman–Crippen MR) is 91.8 cm³/mol. The molecule has 0 aromatic rings. The highest BCUT2D eigenvalue weighted by atomic mass is 16.2. The molecule has 4 unspecified atom stereocenters. The van der Waals surface area contributed by atoms with Gasteiger partial charge in [-0.05, 0) is 64.8 Å². The van der Waals surface area contributed by atoms with Crippen LogP contribution in [-0.2, 0) is 9.59 Å². The minimum Gasteiger partial charge on any atom is -0.349 e. The van der Waals surface area contributed by atoms with Gasteiger partial charge in [0, 0.05) is 18.5 Å².